The summed E-state index contributed by atoms with van der Waals surface area (Å²) in [5.41, 5.74) is 2.79. The standard InChI is InChI=1S/C54H73NO5Si/c1-8-9-10-11-12-13-14-15-16-17-18-25-30-52(56)45-37-44-33-34-46(55(5)6)39-51(44)53(38-45)59-41-48(58-40-43-31-35-47(57-7)36-32-43)42-60-61(54(2,3)4,49-26-21-19-22-27-49)50-28-23-20-24-29-50/h19-24,26-29,31-39,48H,8-18,25,30,40-42H2,1-7H3/t48-/m1/s1. The number of anilines is 1. The first-order valence-corrected chi connectivity index (χ1v) is 24.9. The Labute approximate surface area is 369 Å². The molecule has 0 aromatic heterocycles. The lowest BCUT2D eigenvalue weighted by atomic mass is 9.99. The number of carbonyl (C=O) groups excluding carboxylic acids is 1. The molecule has 1 atom stereocenters. The Hall–Kier alpha value is -4.43. The maximum absolute atomic E-state index is 13.8. The van der Waals surface area contributed by atoms with Crippen LogP contribution in [0, 0.1) is 0 Å². The lowest BCUT2D eigenvalue weighted by Crippen LogP contribution is -2.67. The lowest BCUT2D eigenvalue weighted by molar-refractivity contribution is -0.0185. The molecule has 0 saturated heterocycles. The molecule has 7 heteroatoms. The third-order valence-electron chi connectivity index (χ3n) is 12.0. The van der Waals surface area contributed by atoms with Gasteiger partial charge in [0.25, 0.3) is 8.32 Å². The van der Waals surface area contributed by atoms with Crippen LogP contribution >= 0.6 is 0 Å². The first-order chi connectivity index (χ1) is 29.6. The molecule has 0 N–H and O–H groups in total. The van der Waals surface area contributed by atoms with Crippen LogP contribution in [0.15, 0.2) is 115 Å². The van der Waals surface area contributed by atoms with Gasteiger partial charge in [-0.05, 0) is 69.2 Å². The summed E-state index contributed by atoms with van der Waals surface area (Å²) in [4.78, 5) is 15.9. The Kier molecular flexibility index (Phi) is 18.9. The fourth-order valence-electron chi connectivity index (χ4n) is 8.38. The number of hydrogen-bond donors (Lipinski definition) is 0. The van der Waals surface area contributed by atoms with Crippen LogP contribution < -0.4 is 24.7 Å². The Morgan fingerprint density at radius 1 is 0.672 bits per heavy atom. The minimum absolute atomic E-state index is 0.165. The van der Waals surface area contributed by atoms with Crippen LogP contribution in [0.1, 0.15) is 127 Å². The minimum Gasteiger partial charge on any atom is -0.497 e. The number of ether oxygens (including phenoxy) is 3. The molecule has 0 amide bonds. The molecule has 0 unspecified atom stereocenters. The first kappa shape index (κ1) is 47.6. The molecule has 5 rings (SSSR count). The molecule has 0 aliphatic heterocycles. The van der Waals surface area contributed by atoms with E-state index in [0.29, 0.717) is 30.9 Å². The molecule has 61 heavy (non-hydrogen) atoms. The molecule has 5 aromatic carbocycles. The largest absolute Gasteiger partial charge is 0.497 e. The fourth-order valence-corrected chi connectivity index (χ4v) is 13.0. The van der Waals surface area contributed by atoms with E-state index in [1.807, 2.05) is 50.5 Å². The van der Waals surface area contributed by atoms with Crippen molar-refractivity contribution in [3.63, 3.8) is 0 Å². The molecular weight excluding hydrogens is 771 g/mol. The van der Waals surface area contributed by atoms with Crippen molar-refractivity contribution >= 4 is 40.9 Å². The molecule has 0 bridgehead atoms. The average molecular weight is 844 g/mol. The molecule has 6 nitrogen and oxygen atoms in total. The summed E-state index contributed by atoms with van der Waals surface area (Å²) < 4.78 is 26.4. The van der Waals surface area contributed by atoms with Gasteiger partial charge in [0, 0.05) is 37.2 Å². The topological polar surface area (TPSA) is 57.2 Å². The van der Waals surface area contributed by atoms with Crippen molar-refractivity contribution in [1.29, 1.82) is 0 Å². The van der Waals surface area contributed by atoms with Crippen molar-refractivity contribution in [2.75, 3.05) is 39.3 Å². The van der Waals surface area contributed by atoms with Gasteiger partial charge < -0.3 is 23.5 Å². The van der Waals surface area contributed by atoms with Gasteiger partial charge in [0.2, 0.25) is 0 Å². The number of nitrogens with zero attached hydrogens (tertiary/aromatic N) is 1. The van der Waals surface area contributed by atoms with Gasteiger partial charge in [-0.25, -0.2) is 0 Å². The van der Waals surface area contributed by atoms with E-state index in [4.69, 9.17) is 18.6 Å². The van der Waals surface area contributed by atoms with Crippen molar-refractivity contribution in [2.24, 2.45) is 0 Å². The van der Waals surface area contributed by atoms with E-state index in [1.165, 1.54) is 74.6 Å². The quantitative estimate of drug-likeness (QED) is 0.0298. The highest BCUT2D eigenvalue weighted by atomic mass is 28.4. The van der Waals surface area contributed by atoms with Crippen LogP contribution in [-0.2, 0) is 15.8 Å². The second-order valence-corrected chi connectivity index (χ2v) is 22.2. The normalized spacial score (nSPS) is 12.4. The van der Waals surface area contributed by atoms with Crippen LogP contribution in [-0.4, -0.2) is 54.6 Å². The van der Waals surface area contributed by atoms with Gasteiger partial charge in [-0.1, -0.05) is 177 Å². The van der Waals surface area contributed by atoms with E-state index in [0.717, 1.165) is 40.6 Å². The highest BCUT2D eigenvalue weighted by Gasteiger charge is 2.50. The molecule has 0 heterocycles. The third-order valence-corrected chi connectivity index (χ3v) is 17.0. The number of hydrogen-bond acceptors (Lipinski definition) is 6. The van der Waals surface area contributed by atoms with Gasteiger partial charge in [-0.3, -0.25) is 4.79 Å². The summed E-state index contributed by atoms with van der Waals surface area (Å²) >= 11 is 0. The smallest absolute Gasteiger partial charge is 0.261 e. The van der Waals surface area contributed by atoms with Crippen molar-refractivity contribution in [2.45, 2.75) is 129 Å². The number of unbranched alkanes of at least 4 members (excludes halogenated alkanes) is 11. The summed E-state index contributed by atoms with van der Waals surface area (Å²) in [5, 5.41) is 4.18. The van der Waals surface area contributed by atoms with E-state index in [2.05, 4.69) is 111 Å². The maximum Gasteiger partial charge on any atom is 0.261 e. The molecule has 0 fully saturated rings. The zero-order valence-electron chi connectivity index (χ0n) is 38.3. The van der Waals surface area contributed by atoms with Crippen LogP contribution in [0.4, 0.5) is 5.69 Å². The SMILES string of the molecule is CCCCCCCCCCCCCCC(=O)c1cc(OC[C@H](CO[Si](c2ccccc2)(c2ccccc2)C(C)(C)C)OCc2ccc(OC)cc2)c2cc(N(C)C)ccc2c1. The number of methoxy groups -OCH3 is 1. The van der Waals surface area contributed by atoms with Gasteiger partial charge in [0.05, 0.1) is 20.3 Å². The van der Waals surface area contributed by atoms with E-state index < -0.39 is 14.4 Å². The van der Waals surface area contributed by atoms with Crippen molar-refractivity contribution < 1.29 is 23.4 Å². The predicted octanol–water partition coefficient (Wildman–Crippen LogP) is 12.7. The van der Waals surface area contributed by atoms with Gasteiger partial charge >= 0.3 is 0 Å². The summed E-state index contributed by atoms with van der Waals surface area (Å²) in [7, 11) is 2.89. The van der Waals surface area contributed by atoms with Crippen molar-refractivity contribution in [1.82, 2.24) is 0 Å². The Bertz CT molecular complexity index is 1990. The predicted molar refractivity (Wildman–Crippen MR) is 259 cm³/mol. The minimum atomic E-state index is -2.86. The number of rotatable bonds is 27. The van der Waals surface area contributed by atoms with Crippen LogP contribution in [0.2, 0.25) is 5.04 Å². The zero-order chi connectivity index (χ0) is 43.5. The molecular formula is C54H73NO5Si. The Morgan fingerprint density at radius 3 is 1.79 bits per heavy atom. The second kappa shape index (κ2) is 24.3. The van der Waals surface area contributed by atoms with Crippen LogP contribution in [0.5, 0.6) is 11.5 Å². The van der Waals surface area contributed by atoms with Crippen molar-refractivity contribution in [3.8, 4) is 11.5 Å². The third kappa shape index (κ3) is 13.8. The number of Topliss-reactive ketones (excluding diaryl/α,β-unsaturated/α-hetero) is 1. The van der Waals surface area contributed by atoms with Gasteiger partial charge in [-0.15, -0.1) is 0 Å². The van der Waals surface area contributed by atoms with E-state index >= 15 is 0 Å². The maximum atomic E-state index is 13.8. The summed E-state index contributed by atoms with van der Waals surface area (Å²) in [6.07, 6.45) is 15.4. The van der Waals surface area contributed by atoms with E-state index in [1.54, 1.807) is 7.11 Å². The Morgan fingerprint density at radius 2 is 1.25 bits per heavy atom. The highest BCUT2D eigenvalue weighted by molar-refractivity contribution is 6.99. The van der Waals surface area contributed by atoms with Gasteiger partial charge in [0.15, 0.2) is 5.78 Å². The summed E-state index contributed by atoms with van der Waals surface area (Å²) in [5.74, 6) is 1.65. The van der Waals surface area contributed by atoms with Gasteiger partial charge in [-0.2, -0.15) is 0 Å². The molecule has 0 aliphatic rings. The number of fused-ring (bicyclic) bond motifs is 1. The van der Waals surface area contributed by atoms with E-state index in [9.17, 15) is 4.79 Å². The first-order valence-electron chi connectivity index (χ1n) is 23.0. The second-order valence-electron chi connectivity index (χ2n) is 17.9. The van der Waals surface area contributed by atoms with Gasteiger partial charge in [0.1, 0.15) is 24.2 Å². The average Bonchev–Trinajstić information content (AvgIpc) is 3.27. The lowest BCUT2D eigenvalue weighted by Gasteiger charge is -2.43. The zero-order valence-corrected chi connectivity index (χ0v) is 39.3. The highest BCUT2D eigenvalue weighted by Crippen LogP contribution is 2.37. The molecule has 0 saturated carbocycles. The number of carbonyl (C=O) groups is 1. The van der Waals surface area contributed by atoms with Crippen LogP contribution in [0.25, 0.3) is 10.8 Å². The molecule has 328 valence electrons. The van der Waals surface area contributed by atoms with E-state index in [-0.39, 0.29) is 17.4 Å². The molecule has 0 spiro atoms. The number of benzene rings is 5. The molecule has 5 aromatic rings. The number of ketones is 1. The van der Waals surface area contributed by atoms with Crippen LogP contribution in [0.3, 0.4) is 0 Å². The Balaban J connectivity index is 1.35. The fraction of sp³-hybridized carbons (Fsp3) is 0.463. The van der Waals surface area contributed by atoms with Crippen molar-refractivity contribution in [3.05, 3.63) is 126 Å². The monoisotopic (exact) mass is 844 g/mol. The summed E-state index contributed by atoms with van der Waals surface area (Å²) in [6.45, 7) is 10.1. The summed E-state index contributed by atoms with van der Waals surface area (Å²) in [6, 6.07) is 39.7. The molecule has 0 aliphatic carbocycles. The molecule has 0 radical (unpaired) electrons.